The number of hydrogen-bond donors (Lipinski definition) is 1. The Morgan fingerprint density at radius 3 is 2.43 bits per heavy atom. The molecule has 1 aliphatic rings. The first-order chi connectivity index (χ1) is 10.0. The van der Waals surface area contributed by atoms with E-state index in [2.05, 4.69) is 4.98 Å². The Hall–Kier alpha value is -1.89. The smallest absolute Gasteiger partial charge is 0.274 e. The van der Waals surface area contributed by atoms with Crippen molar-refractivity contribution in [3.63, 3.8) is 0 Å². The fourth-order valence-electron chi connectivity index (χ4n) is 2.40. The molecule has 7 heteroatoms. The summed E-state index contributed by atoms with van der Waals surface area (Å²) in [6.45, 7) is 7.24. The molecule has 0 radical (unpaired) electrons. The van der Waals surface area contributed by atoms with Gasteiger partial charge in [0.25, 0.3) is 5.91 Å². The van der Waals surface area contributed by atoms with E-state index in [1.807, 2.05) is 23.3 Å². The quantitative estimate of drug-likeness (QED) is 0.832. The summed E-state index contributed by atoms with van der Waals surface area (Å²) in [5.41, 5.74) is 5.91. The predicted octanol–water partition coefficient (Wildman–Crippen LogP) is -0.218. The van der Waals surface area contributed by atoms with E-state index >= 15 is 0 Å². The molecule has 1 saturated heterocycles. The lowest BCUT2D eigenvalue weighted by Crippen LogP contribution is -2.51. The van der Waals surface area contributed by atoms with Gasteiger partial charge in [0.05, 0.1) is 6.33 Å². The lowest BCUT2D eigenvalue weighted by atomic mass is 10.1. The van der Waals surface area contributed by atoms with Gasteiger partial charge in [0.1, 0.15) is 5.69 Å². The predicted molar refractivity (Wildman–Crippen MR) is 78.6 cm³/mol. The van der Waals surface area contributed by atoms with Crippen molar-refractivity contribution in [1.29, 1.82) is 0 Å². The van der Waals surface area contributed by atoms with Crippen LogP contribution in [-0.2, 0) is 11.3 Å². The highest BCUT2D eigenvalue weighted by atomic mass is 16.2. The van der Waals surface area contributed by atoms with E-state index in [0.29, 0.717) is 45.0 Å². The first-order valence-electron chi connectivity index (χ1n) is 7.33. The normalized spacial score (nSPS) is 15.6. The van der Waals surface area contributed by atoms with Crippen molar-refractivity contribution in [2.45, 2.75) is 20.4 Å². The third-order valence-electron chi connectivity index (χ3n) is 3.61. The maximum Gasteiger partial charge on any atom is 0.274 e. The number of nitrogens with zero attached hydrogens (tertiary/aromatic N) is 4. The molecular formula is C14H23N5O2. The Bertz CT molecular complexity index is 503. The molecule has 0 aromatic carbocycles. The van der Waals surface area contributed by atoms with Crippen LogP contribution in [0.4, 0.5) is 0 Å². The van der Waals surface area contributed by atoms with Gasteiger partial charge < -0.3 is 20.1 Å². The average Bonchev–Trinajstić information content (AvgIpc) is 2.95. The molecule has 7 nitrogen and oxygen atoms in total. The van der Waals surface area contributed by atoms with Crippen molar-refractivity contribution in [3.8, 4) is 0 Å². The maximum atomic E-state index is 12.3. The molecule has 1 aromatic heterocycles. The molecule has 2 heterocycles. The topological polar surface area (TPSA) is 84.5 Å². The maximum absolute atomic E-state index is 12.3. The Morgan fingerprint density at radius 1 is 1.24 bits per heavy atom. The Labute approximate surface area is 124 Å². The third-order valence-corrected chi connectivity index (χ3v) is 3.61. The van der Waals surface area contributed by atoms with E-state index in [0.717, 1.165) is 0 Å². The molecule has 0 spiro atoms. The zero-order chi connectivity index (χ0) is 15.4. The number of aromatic nitrogens is 2. The Morgan fingerprint density at radius 2 is 1.86 bits per heavy atom. The fraction of sp³-hybridized carbons (Fsp3) is 0.643. The number of nitrogens with two attached hydrogens (primary N) is 1. The van der Waals surface area contributed by atoms with Gasteiger partial charge in [0, 0.05) is 51.4 Å². The molecule has 2 rings (SSSR count). The summed E-state index contributed by atoms with van der Waals surface area (Å²) >= 11 is 0. The van der Waals surface area contributed by atoms with Crippen LogP contribution in [0.25, 0.3) is 0 Å². The van der Waals surface area contributed by atoms with Crippen LogP contribution in [0.3, 0.4) is 0 Å². The Kier molecular flexibility index (Phi) is 4.95. The second-order valence-electron chi connectivity index (χ2n) is 5.56. The Balaban J connectivity index is 1.92. The lowest BCUT2D eigenvalue weighted by Gasteiger charge is -2.35. The first kappa shape index (κ1) is 15.5. The van der Waals surface area contributed by atoms with Gasteiger partial charge in [-0.25, -0.2) is 4.98 Å². The van der Waals surface area contributed by atoms with Crippen molar-refractivity contribution in [2.24, 2.45) is 11.7 Å². The molecule has 116 valence electrons. The van der Waals surface area contributed by atoms with Gasteiger partial charge in [-0.3, -0.25) is 9.59 Å². The standard InChI is InChI=1S/C14H23N5O2/c1-11(2)13(20)18-5-7-19(8-6-18)14(21)12-9-17(4-3-15)10-16-12/h9-11H,3-8,15H2,1-2H3. The van der Waals surface area contributed by atoms with Gasteiger partial charge in [-0.1, -0.05) is 13.8 Å². The summed E-state index contributed by atoms with van der Waals surface area (Å²) < 4.78 is 1.81. The summed E-state index contributed by atoms with van der Waals surface area (Å²) in [6, 6.07) is 0. The molecule has 0 atom stereocenters. The van der Waals surface area contributed by atoms with Gasteiger partial charge >= 0.3 is 0 Å². The molecule has 21 heavy (non-hydrogen) atoms. The minimum Gasteiger partial charge on any atom is -0.339 e. The summed E-state index contributed by atoms with van der Waals surface area (Å²) in [6.07, 6.45) is 3.35. The van der Waals surface area contributed by atoms with Gasteiger partial charge in [-0.2, -0.15) is 0 Å². The van der Waals surface area contributed by atoms with Crippen molar-refractivity contribution in [3.05, 3.63) is 18.2 Å². The van der Waals surface area contributed by atoms with Gasteiger partial charge in [0.15, 0.2) is 0 Å². The number of piperazine rings is 1. The zero-order valence-corrected chi connectivity index (χ0v) is 12.7. The number of hydrogen-bond acceptors (Lipinski definition) is 4. The molecule has 2 N–H and O–H groups in total. The number of carbonyl (C=O) groups is 2. The van der Waals surface area contributed by atoms with E-state index in [4.69, 9.17) is 5.73 Å². The third kappa shape index (κ3) is 3.60. The summed E-state index contributed by atoms with van der Waals surface area (Å²) in [5, 5.41) is 0. The van der Waals surface area contributed by atoms with Crippen LogP contribution in [0.1, 0.15) is 24.3 Å². The number of rotatable bonds is 4. The van der Waals surface area contributed by atoms with Gasteiger partial charge in [-0.05, 0) is 0 Å². The molecule has 0 aliphatic carbocycles. The highest BCUT2D eigenvalue weighted by Crippen LogP contribution is 2.10. The molecule has 2 amide bonds. The van der Waals surface area contributed by atoms with Gasteiger partial charge in [-0.15, -0.1) is 0 Å². The van der Waals surface area contributed by atoms with Crippen molar-refractivity contribution < 1.29 is 9.59 Å². The van der Waals surface area contributed by atoms with E-state index in [1.54, 1.807) is 17.4 Å². The summed E-state index contributed by atoms with van der Waals surface area (Å²) in [7, 11) is 0. The molecular weight excluding hydrogens is 270 g/mol. The highest BCUT2D eigenvalue weighted by Gasteiger charge is 2.26. The van der Waals surface area contributed by atoms with E-state index < -0.39 is 0 Å². The molecule has 0 bridgehead atoms. The molecule has 1 aliphatic heterocycles. The molecule has 1 fully saturated rings. The zero-order valence-electron chi connectivity index (χ0n) is 12.7. The van der Waals surface area contributed by atoms with Crippen molar-refractivity contribution in [2.75, 3.05) is 32.7 Å². The summed E-state index contributed by atoms with van der Waals surface area (Å²) in [4.78, 5) is 32.0. The van der Waals surface area contributed by atoms with Crippen LogP contribution in [0.5, 0.6) is 0 Å². The minimum atomic E-state index is -0.0811. The average molecular weight is 293 g/mol. The van der Waals surface area contributed by atoms with Crippen LogP contribution in [0, 0.1) is 5.92 Å². The van der Waals surface area contributed by atoms with E-state index in [1.165, 1.54) is 0 Å². The largest absolute Gasteiger partial charge is 0.339 e. The van der Waals surface area contributed by atoms with Crippen LogP contribution in [0.15, 0.2) is 12.5 Å². The van der Waals surface area contributed by atoms with Crippen LogP contribution in [-0.4, -0.2) is 63.9 Å². The number of imidazole rings is 1. The van der Waals surface area contributed by atoms with Crippen LogP contribution < -0.4 is 5.73 Å². The van der Waals surface area contributed by atoms with Crippen LogP contribution >= 0.6 is 0 Å². The monoisotopic (exact) mass is 293 g/mol. The second kappa shape index (κ2) is 6.71. The van der Waals surface area contributed by atoms with E-state index in [-0.39, 0.29) is 17.7 Å². The molecule has 1 aromatic rings. The van der Waals surface area contributed by atoms with Crippen molar-refractivity contribution in [1.82, 2.24) is 19.4 Å². The minimum absolute atomic E-state index is 0.000729. The van der Waals surface area contributed by atoms with Crippen LogP contribution in [0.2, 0.25) is 0 Å². The SMILES string of the molecule is CC(C)C(=O)N1CCN(C(=O)c2cn(CCN)cn2)CC1. The highest BCUT2D eigenvalue weighted by molar-refractivity contribution is 5.92. The lowest BCUT2D eigenvalue weighted by molar-refractivity contribution is -0.135. The number of carbonyl (C=O) groups excluding carboxylic acids is 2. The fourth-order valence-corrected chi connectivity index (χ4v) is 2.40. The summed E-state index contributed by atoms with van der Waals surface area (Å²) in [5.74, 6) is 0.0657. The molecule has 0 unspecified atom stereocenters. The molecule has 0 saturated carbocycles. The van der Waals surface area contributed by atoms with E-state index in [9.17, 15) is 9.59 Å². The number of amides is 2. The van der Waals surface area contributed by atoms with Gasteiger partial charge in [0.2, 0.25) is 5.91 Å². The van der Waals surface area contributed by atoms with Crippen molar-refractivity contribution >= 4 is 11.8 Å². The first-order valence-corrected chi connectivity index (χ1v) is 7.33. The second-order valence-corrected chi connectivity index (χ2v) is 5.56.